The first-order valence-electron chi connectivity index (χ1n) is 7.09. The van der Waals surface area contributed by atoms with Gasteiger partial charge in [0.15, 0.2) is 0 Å². The van der Waals surface area contributed by atoms with E-state index in [1.165, 1.54) is 14.2 Å². The molecule has 0 radical (unpaired) electrons. The van der Waals surface area contributed by atoms with Crippen molar-refractivity contribution in [1.82, 2.24) is 5.16 Å². The first-order chi connectivity index (χ1) is 11.0. The Balaban J connectivity index is 2.08. The van der Waals surface area contributed by atoms with Gasteiger partial charge < -0.3 is 19.3 Å². The third-order valence-corrected chi connectivity index (χ3v) is 3.83. The minimum atomic E-state index is -0.146. The fourth-order valence-corrected chi connectivity index (χ4v) is 2.50. The van der Waals surface area contributed by atoms with E-state index < -0.39 is 0 Å². The normalized spacial score (nSPS) is 10.5. The number of rotatable bonds is 6. The van der Waals surface area contributed by atoms with E-state index in [9.17, 15) is 4.79 Å². The summed E-state index contributed by atoms with van der Waals surface area (Å²) in [4.78, 5) is 12.2. The van der Waals surface area contributed by atoms with E-state index >= 15 is 0 Å². The van der Waals surface area contributed by atoms with Crippen molar-refractivity contribution in [3.63, 3.8) is 0 Å². The van der Waals surface area contributed by atoms with Gasteiger partial charge in [0.1, 0.15) is 17.3 Å². The highest BCUT2D eigenvalue weighted by Gasteiger charge is 2.14. The lowest BCUT2D eigenvalue weighted by molar-refractivity contribution is -0.116. The molecule has 1 N–H and O–H groups in total. The first kappa shape index (κ1) is 17.1. The van der Waals surface area contributed by atoms with Crippen molar-refractivity contribution in [2.75, 3.05) is 19.5 Å². The van der Waals surface area contributed by atoms with Crippen LogP contribution in [0.1, 0.15) is 23.4 Å². The summed E-state index contributed by atoms with van der Waals surface area (Å²) in [6.07, 6.45) is 0.858. The zero-order valence-corrected chi connectivity index (χ0v) is 14.3. The summed E-state index contributed by atoms with van der Waals surface area (Å²) in [7, 11) is 3.02. The maximum Gasteiger partial charge on any atom is 0.224 e. The van der Waals surface area contributed by atoms with Crippen molar-refractivity contribution in [3.05, 3.63) is 34.2 Å². The summed E-state index contributed by atoms with van der Waals surface area (Å²) >= 11 is 6.05. The van der Waals surface area contributed by atoms with Crippen LogP contribution in [-0.4, -0.2) is 25.3 Å². The minimum absolute atomic E-state index is 0.146. The van der Waals surface area contributed by atoms with E-state index in [-0.39, 0.29) is 5.91 Å². The largest absolute Gasteiger partial charge is 0.495 e. The molecule has 0 atom stereocenters. The van der Waals surface area contributed by atoms with Gasteiger partial charge in [-0.15, -0.1) is 0 Å². The van der Waals surface area contributed by atoms with E-state index in [0.717, 1.165) is 17.0 Å². The van der Waals surface area contributed by atoms with Crippen LogP contribution in [0, 0.1) is 13.8 Å². The van der Waals surface area contributed by atoms with Gasteiger partial charge in [0.2, 0.25) is 5.91 Å². The molecule has 1 heterocycles. The lowest BCUT2D eigenvalue weighted by Crippen LogP contribution is -2.13. The quantitative estimate of drug-likeness (QED) is 0.872. The lowest BCUT2D eigenvalue weighted by atomic mass is 10.1. The van der Waals surface area contributed by atoms with Crippen LogP contribution in [-0.2, 0) is 11.2 Å². The second kappa shape index (κ2) is 7.37. The molecule has 0 unspecified atom stereocenters. The number of benzene rings is 1. The molecule has 2 rings (SSSR count). The maximum atomic E-state index is 12.2. The summed E-state index contributed by atoms with van der Waals surface area (Å²) < 4.78 is 15.5. The molecule has 7 heteroatoms. The number of hydrogen-bond donors (Lipinski definition) is 1. The highest BCUT2D eigenvalue weighted by Crippen LogP contribution is 2.35. The molecular weight excluding hydrogens is 320 g/mol. The molecule has 0 saturated heterocycles. The molecule has 1 aromatic carbocycles. The molecule has 1 aromatic heterocycles. The molecule has 124 valence electrons. The third-order valence-electron chi connectivity index (χ3n) is 3.53. The molecule has 0 aliphatic heterocycles. The van der Waals surface area contributed by atoms with Crippen molar-refractivity contribution in [2.45, 2.75) is 26.7 Å². The van der Waals surface area contributed by atoms with E-state index in [0.29, 0.717) is 35.1 Å². The second-order valence-electron chi connectivity index (χ2n) is 5.04. The second-order valence-corrected chi connectivity index (χ2v) is 5.45. The summed E-state index contributed by atoms with van der Waals surface area (Å²) in [6.45, 7) is 3.69. The summed E-state index contributed by atoms with van der Waals surface area (Å²) in [5.41, 5.74) is 2.28. The van der Waals surface area contributed by atoms with E-state index in [1.807, 2.05) is 13.8 Å². The summed E-state index contributed by atoms with van der Waals surface area (Å²) in [5, 5.41) is 7.11. The van der Waals surface area contributed by atoms with Crippen LogP contribution in [0.3, 0.4) is 0 Å². The Hall–Kier alpha value is -2.21. The molecule has 6 nitrogen and oxygen atoms in total. The van der Waals surface area contributed by atoms with Crippen molar-refractivity contribution in [1.29, 1.82) is 0 Å². The van der Waals surface area contributed by atoms with Crippen LogP contribution >= 0.6 is 11.6 Å². The van der Waals surface area contributed by atoms with Gasteiger partial charge in [-0.1, -0.05) is 16.8 Å². The number of carbonyl (C=O) groups excluding carboxylic acids is 1. The van der Waals surface area contributed by atoms with Gasteiger partial charge >= 0.3 is 0 Å². The Bertz CT molecular complexity index is 693. The standard InChI is InChI=1S/C16H19ClN2O4/c1-9-11(10(2)23-19-9)5-6-16(20)18-13-8-14(21-3)12(17)7-15(13)22-4/h7-8H,5-6H2,1-4H3,(H,18,20). The van der Waals surface area contributed by atoms with Crippen LogP contribution in [0.2, 0.25) is 5.02 Å². The Morgan fingerprint density at radius 2 is 1.96 bits per heavy atom. The predicted octanol–water partition coefficient (Wildman–Crippen LogP) is 3.53. The van der Waals surface area contributed by atoms with Crippen LogP contribution in [0.4, 0.5) is 5.69 Å². The number of carbonyl (C=O) groups is 1. The molecular formula is C16H19ClN2O4. The van der Waals surface area contributed by atoms with Crippen molar-refractivity contribution >= 4 is 23.2 Å². The molecule has 0 aliphatic rings. The third kappa shape index (κ3) is 3.96. The summed E-state index contributed by atoms with van der Waals surface area (Å²) in [6, 6.07) is 3.24. The Morgan fingerprint density at radius 1 is 1.26 bits per heavy atom. The molecule has 0 saturated carbocycles. The van der Waals surface area contributed by atoms with Gasteiger partial charge in [0.25, 0.3) is 0 Å². The fourth-order valence-electron chi connectivity index (χ4n) is 2.27. The Morgan fingerprint density at radius 3 is 2.52 bits per heavy atom. The fraction of sp³-hybridized carbons (Fsp3) is 0.375. The summed E-state index contributed by atoms with van der Waals surface area (Å²) in [5.74, 6) is 1.53. The van der Waals surface area contributed by atoms with Crippen molar-refractivity contribution in [3.8, 4) is 11.5 Å². The number of aromatic nitrogens is 1. The van der Waals surface area contributed by atoms with Crippen LogP contribution in [0.25, 0.3) is 0 Å². The average molecular weight is 339 g/mol. The molecule has 0 spiro atoms. The highest BCUT2D eigenvalue weighted by atomic mass is 35.5. The van der Waals surface area contributed by atoms with Crippen LogP contribution in [0.5, 0.6) is 11.5 Å². The zero-order valence-electron chi connectivity index (χ0n) is 13.5. The predicted molar refractivity (Wildman–Crippen MR) is 87.5 cm³/mol. The van der Waals surface area contributed by atoms with Crippen molar-refractivity contribution in [2.24, 2.45) is 0 Å². The molecule has 23 heavy (non-hydrogen) atoms. The van der Waals surface area contributed by atoms with Gasteiger partial charge in [-0.2, -0.15) is 0 Å². The Kier molecular flexibility index (Phi) is 5.50. The van der Waals surface area contributed by atoms with E-state index in [1.54, 1.807) is 12.1 Å². The topological polar surface area (TPSA) is 73.6 Å². The van der Waals surface area contributed by atoms with E-state index in [2.05, 4.69) is 10.5 Å². The number of halogens is 1. The number of ether oxygens (including phenoxy) is 2. The zero-order chi connectivity index (χ0) is 17.0. The SMILES string of the molecule is COc1cc(NC(=O)CCc2c(C)noc2C)c(OC)cc1Cl. The first-order valence-corrected chi connectivity index (χ1v) is 7.47. The van der Waals surface area contributed by atoms with Crippen LogP contribution in [0.15, 0.2) is 16.7 Å². The number of nitrogens with zero attached hydrogens (tertiary/aromatic N) is 1. The number of methoxy groups -OCH3 is 2. The molecule has 1 amide bonds. The van der Waals surface area contributed by atoms with Gasteiger partial charge in [-0.05, 0) is 20.3 Å². The maximum absolute atomic E-state index is 12.2. The Labute approximate surface area is 139 Å². The number of anilines is 1. The molecule has 0 bridgehead atoms. The number of aryl methyl sites for hydroxylation is 2. The average Bonchev–Trinajstić information content (AvgIpc) is 2.85. The molecule has 2 aromatic rings. The van der Waals surface area contributed by atoms with Gasteiger partial charge in [0, 0.05) is 24.1 Å². The van der Waals surface area contributed by atoms with E-state index in [4.69, 9.17) is 25.6 Å². The highest BCUT2D eigenvalue weighted by molar-refractivity contribution is 6.32. The van der Waals surface area contributed by atoms with Crippen LogP contribution < -0.4 is 14.8 Å². The smallest absolute Gasteiger partial charge is 0.224 e. The monoisotopic (exact) mass is 338 g/mol. The molecule has 0 aliphatic carbocycles. The van der Waals surface area contributed by atoms with Gasteiger partial charge in [-0.3, -0.25) is 4.79 Å². The lowest BCUT2D eigenvalue weighted by Gasteiger charge is -2.13. The van der Waals surface area contributed by atoms with Crippen molar-refractivity contribution < 1.29 is 18.8 Å². The number of nitrogens with one attached hydrogen (secondary N) is 1. The number of amides is 1. The molecule has 0 fully saturated rings. The minimum Gasteiger partial charge on any atom is -0.495 e. The number of hydrogen-bond acceptors (Lipinski definition) is 5. The van der Waals surface area contributed by atoms with Gasteiger partial charge in [0.05, 0.1) is 30.6 Å². The van der Waals surface area contributed by atoms with Gasteiger partial charge in [-0.25, -0.2) is 0 Å².